The summed E-state index contributed by atoms with van der Waals surface area (Å²) in [7, 11) is 1.50. The van der Waals surface area contributed by atoms with E-state index in [4.69, 9.17) is 4.74 Å². The molecule has 1 aromatic rings. The lowest BCUT2D eigenvalue weighted by atomic mass is 9.93. The van der Waals surface area contributed by atoms with Gasteiger partial charge in [0.25, 0.3) is 0 Å². The average molecular weight is 278 g/mol. The molecule has 0 radical (unpaired) electrons. The Bertz CT molecular complexity index is 480. The number of hydrogen-bond acceptors (Lipinski definition) is 3. The molecule has 0 bridgehead atoms. The first-order valence-electron chi connectivity index (χ1n) is 7.50. The van der Waals surface area contributed by atoms with Gasteiger partial charge in [-0.1, -0.05) is 13.0 Å². The van der Waals surface area contributed by atoms with Crippen LogP contribution in [0, 0.1) is 17.7 Å². The molecule has 0 aliphatic carbocycles. The second-order valence-corrected chi connectivity index (χ2v) is 5.96. The molecule has 20 heavy (non-hydrogen) atoms. The number of halogens is 1. The Morgan fingerprint density at radius 1 is 1.40 bits per heavy atom. The molecule has 3 atom stereocenters. The van der Waals surface area contributed by atoms with Crippen molar-refractivity contribution in [3.05, 3.63) is 29.6 Å². The minimum atomic E-state index is -0.265. The summed E-state index contributed by atoms with van der Waals surface area (Å²) in [5.41, 5.74) is 1.04. The van der Waals surface area contributed by atoms with Gasteiger partial charge in [-0.05, 0) is 49.0 Å². The maximum Gasteiger partial charge on any atom is 0.165 e. The Balaban J connectivity index is 1.72. The fourth-order valence-electron chi connectivity index (χ4n) is 3.90. The Morgan fingerprint density at radius 2 is 2.25 bits per heavy atom. The normalized spacial score (nSPS) is 29.6. The molecule has 1 N–H and O–H groups in total. The van der Waals surface area contributed by atoms with Crippen LogP contribution in [-0.2, 0) is 6.54 Å². The third-order valence-corrected chi connectivity index (χ3v) is 4.84. The molecular weight excluding hydrogens is 255 g/mol. The Kier molecular flexibility index (Phi) is 3.94. The van der Waals surface area contributed by atoms with E-state index in [9.17, 15) is 4.39 Å². The number of methoxy groups -OCH3 is 1. The molecule has 0 saturated carbocycles. The molecule has 4 heteroatoms. The highest BCUT2D eigenvalue weighted by atomic mass is 19.1. The van der Waals surface area contributed by atoms with Crippen molar-refractivity contribution in [1.29, 1.82) is 0 Å². The molecule has 0 amide bonds. The van der Waals surface area contributed by atoms with Gasteiger partial charge in [-0.2, -0.15) is 0 Å². The molecule has 2 heterocycles. The number of likely N-dealkylation sites (tertiary alicyclic amines) is 1. The predicted molar refractivity (Wildman–Crippen MR) is 77.3 cm³/mol. The summed E-state index contributed by atoms with van der Waals surface area (Å²) in [6.45, 7) is 6.49. The van der Waals surface area contributed by atoms with Gasteiger partial charge in [0.15, 0.2) is 11.6 Å². The van der Waals surface area contributed by atoms with Crippen molar-refractivity contribution in [3.8, 4) is 5.75 Å². The summed E-state index contributed by atoms with van der Waals surface area (Å²) in [4.78, 5) is 2.53. The summed E-state index contributed by atoms with van der Waals surface area (Å²) in [5, 5.41) is 3.49. The van der Waals surface area contributed by atoms with Gasteiger partial charge in [0, 0.05) is 19.1 Å². The van der Waals surface area contributed by atoms with Crippen molar-refractivity contribution >= 4 is 0 Å². The highest BCUT2D eigenvalue weighted by Crippen LogP contribution is 2.35. The van der Waals surface area contributed by atoms with E-state index in [1.165, 1.54) is 13.5 Å². The SMILES string of the molecule is CCC1C2CNCC2CN1Cc1ccc(OC)c(F)c1. The fraction of sp³-hybridized carbons (Fsp3) is 0.625. The van der Waals surface area contributed by atoms with Crippen LogP contribution in [0.1, 0.15) is 18.9 Å². The highest BCUT2D eigenvalue weighted by molar-refractivity contribution is 5.29. The summed E-state index contributed by atoms with van der Waals surface area (Å²) in [6.07, 6.45) is 1.17. The molecule has 0 aromatic heterocycles. The minimum absolute atomic E-state index is 0.265. The molecule has 2 fully saturated rings. The Labute approximate surface area is 120 Å². The number of hydrogen-bond donors (Lipinski definition) is 1. The summed E-state index contributed by atoms with van der Waals surface area (Å²) in [5.74, 6) is 1.59. The standard InChI is InChI=1S/C16H23FN2O/c1-3-15-13-8-18-7-12(13)10-19(15)9-11-4-5-16(20-2)14(17)6-11/h4-6,12-13,15,18H,3,7-10H2,1-2H3. The second-order valence-electron chi connectivity index (χ2n) is 5.96. The zero-order chi connectivity index (χ0) is 14.1. The van der Waals surface area contributed by atoms with E-state index in [-0.39, 0.29) is 5.82 Å². The highest BCUT2D eigenvalue weighted by Gasteiger charge is 2.42. The smallest absolute Gasteiger partial charge is 0.165 e. The number of rotatable bonds is 4. The van der Waals surface area contributed by atoms with E-state index in [2.05, 4.69) is 17.1 Å². The molecule has 3 nitrogen and oxygen atoms in total. The van der Waals surface area contributed by atoms with Gasteiger partial charge < -0.3 is 10.1 Å². The average Bonchev–Trinajstić information content (AvgIpc) is 2.99. The summed E-state index contributed by atoms with van der Waals surface area (Å²) >= 11 is 0. The maximum atomic E-state index is 13.8. The largest absolute Gasteiger partial charge is 0.494 e. The van der Waals surface area contributed by atoms with Gasteiger partial charge in [-0.25, -0.2) is 4.39 Å². The predicted octanol–water partition coefficient (Wildman–Crippen LogP) is 2.26. The van der Waals surface area contributed by atoms with Crippen molar-refractivity contribution in [3.63, 3.8) is 0 Å². The maximum absolute atomic E-state index is 13.8. The third kappa shape index (κ3) is 2.42. The second kappa shape index (κ2) is 5.70. The number of ether oxygens (including phenoxy) is 1. The monoisotopic (exact) mass is 278 g/mol. The summed E-state index contributed by atoms with van der Waals surface area (Å²) < 4.78 is 18.8. The lowest BCUT2D eigenvalue weighted by molar-refractivity contribution is 0.210. The van der Waals surface area contributed by atoms with Gasteiger partial charge in [0.05, 0.1) is 7.11 Å². The van der Waals surface area contributed by atoms with Crippen LogP contribution in [0.15, 0.2) is 18.2 Å². The van der Waals surface area contributed by atoms with E-state index in [1.54, 1.807) is 12.1 Å². The van der Waals surface area contributed by atoms with E-state index >= 15 is 0 Å². The van der Waals surface area contributed by atoms with Crippen LogP contribution in [0.4, 0.5) is 4.39 Å². The first-order chi connectivity index (χ1) is 9.72. The summed E-state index contributed by atoms with van der Waals surface area (Å²) in [6, 6.07) is 5.93. The Hall–Kier alpha value is -1.13. The lowest BCUT2D eigenvalue weighted by Crippen LogP contribution is -2.34. The Morgan fingerprint density at radius 3 is 2.95 bits per heavy atom. The van der Waals surface area contributed by atoms with Crippen LogP contribution in [0.2, 0.25) is 0 Å². The molecule has 3 rings (SSSR count). The molecule has 0 spiro atoms. The first kappa shape index (κ1) is 13.8. The van der Waals surface area contributed by atoms with Crippen LogP contribution in [-0.4, -0.2) is 37.7 Å². The van der Waals surface area contributed by atoms with Gasteiger partial charge >= 0.3 is 0 Å². The number of benzene rings is 1. The molecule has 2 aliphatic heterocycles. The molecular formula is C16H23FN2O. The topological polar surface area (TPSA) is 24.5 Å². The quantitative estimate of drug-likeness (QED) is 0.914. The van der Waals surface area contributed by atoms with E-state index < -0.39 is 0 Å². The van der Waals surface area contributed by atoms with Crippen LogP contribution in [0.25, 0.3) is 0 Å². The number of fused-ring (bicyclic) bond motifs is 1. The molecule has 110 valence electrons. The van der Waals surface area contributed by atoms with E-state index in [0.717, 1.165) is 43.6 Å². The first-order valence-corrected chi connectivity index (χ1v) is 7.50. The van der Waals surface area contributed by atoms with E-state index in [1.807, 2.05) is 6.07 Å². The zero-order valence-electron chi connectivity index (χ0n) is 12.2. The zero-order valence-corrected chi connectivity index (χ0v) is 12.2. The van der Waals surface area contributed by atoms with Gasteiger partial charge in [-0.15, -0.1) is 0 Å². The number of nitrogens with zero attached hydrogens (tertiary/aromatic N) is 1. The van der Waals surface area contributed by atoms with Gasteiger partial charge in [0.1, 0.15) is 0 Å². The van der Waals surface area contributed by atoms with Crippen molar-refractivity contribution in [1.82, 2.24) is 10.2 Å². The third-order valence-electron chi connectivity index (χ3n) is 4.84. The van der Waals surface area contributed by atoms with Gasteiger partial charge in [0.2, 0.25) is 0 Å². The molecule has 2 aliphatic rings. The van der Waals surface area contributed by atoms with Crippen LogP contribution in [0.3, 0.4) is 0 Å². The molecule has 3 unspecified atom stereocenters. The van der Waals surface area contributed by atoms with E-state index in [0.29, 0.717) is 11.8 Å². The fourth-order valence-corrected chi connectivity index (χ4v) is 3.90. The van der Waals surface area contributed by atoms with Crippen LogP contribution in [0.5, 0.6) is 5.75 Å². The number of nitrogens with one attached hydrogen (secondary N) is 1. The molecule has 1 aromatic carbocycles. The van der Waals surface area contributed by atoms with Crippen LogP contribution >= 0.6 is 0 Å². The van der Waals surface area contributed by atoms with Crippen molar-refractivity contribution in [2.45, 2.75) is 25.9 Å². The van der Waals surface area contributed by atoms with Gasteiger partial charge in [-0.3, -0.25) is 4.90 Å². The molecule has 2 saturated heterocycles. The van der Waals surface area contributed by atoms with Crippen molar-refractivity contribution in [2.24, 2.45) is 11.8 Å². The lowest BCUT2D eigenvalue weighted by Gasteiger charge is -2.26. The van der Waals surface area contributed by atoms with Crippen molar-refractivity contribution in [2.75, 3.05) is 26.7 Å². The van der Waals surface area contributed by atoms with Crippen molar-refractivity contribution < 1.29 is 9.13 Å². The minimum Gasteiger partial charge on any atom is -0.494 e. The van der Waals surface area contributed by atoms with Crippen LogP contribution < -0.4 is 10.1 Å².